The number of rotatable bonds is 1. The second kappa shape index (κ2) is 2.98. The van der Waals surface area contributed by atoms with Crippen molar-refractivity contribution in [2.24, 2.45) is 0 Å². The van der Waals surface area contributed by atoms with Crippen LogP contribution in [0.25, 0.3) is 0 Å². The monoisotopic (exact) mass is 193 g/mol. The van der Waals surface area contributed by atoms with Crippen LogP contribution in [0.2, 0.25) is 10.2 Å². The second-order valence-electron chi connectivity index (χ2n) is 1.55. The fourth-order valence-corrected chi connectivity index (χ4v) is 0.708. The van der Waals surface area contributed by atoms with Crippen LogP contribution in [0.1, 0.15) is 10.5 Å². The summed E-state index contributed by atoms with van der Waals surface area (Å²) in [6.45, 7) is 0. The third-order valence-corrected chi connectivity index (χ3v) is 1.59. The summed E-state index contributed by atoms with van der Waals surface area (Å²) in [6.07, 6.45) is 0. The highest BCUT2D eigenvalue weighted by Gasteiger charge is 2.14. The summed E-state index contributed by atoms with van der Waals surface area (Å²) in [6, 6.07) is 0. The number of aromatic nitrogens is 3. The van der Waals surface area contributed by atoms with Gasteiger partial charge in [-0.05, 0) is 5.21 Å². The molecule has 0 fully saturated rings. The minimum atomic E-state index is -1.29. The van der Waals surface area contributed by atoms with Crippen molar-refractivity contribution in [1.29, 1.82) is 0 Å². The standard InChI is InChI=1S/C4HCl2N3O2/c5-1-2(4(10)11)7-9-8-3(1)6/h(H,10,11). The van der Waals surface area contributed by atoms with Crippen molar-refractivity contribution in [3.05, 3.63) is 15.9 Å². The molecule has 0 aliphatic rings. The quantitative estimate of drug-likeness (QED) is 0.717. The third kappa shape index (κ3) is 1.55. The zero-order chi connectivity index (χ0) is 8.43. The molecular formula is C4HCl2N3O2. The molecule has 0 unspecified atom stereocenters. The Bertz CT molecular complexity index is 303. The van der Waals surface area contributed by atoms with Gasteiger partial charge in [-0.2, -0.15) is 0 Å². The van der Waals surface area contributed by atoms with E-state index in [0.717, 1.165) is 0 Å². The van der Waals surface area contributed by atoms with E-state index in [1.54, 1.807) is 0 Å². The van der Waals surface area contributed by atoms with Crippen molar-refractivity contribution in [2.45, 2.75) is 0 Å². The van der Waals surface area contributed by atoms with Gasteiger partial charge in [0.25, 0.3) is 0 Å². The number of carbonyl (C=O) groups is 1. The van der Waals surface area contributed by atoms with Crippen LogP contribution in [-0.2, 0) is 0 Å². The van der Waals surface area contributed by atoms with Crippen molar-refractivity contribution < 1.29 is 9.90 Å². The van der Waals surface area contributed by atoms with Crippen molar-refractivity contribution in [3.8, 4) is 0 Å². The Kier molecular flexibility index (Phi) is 2.21. The van der Waals surface area contributed by atoms with Gasteiger partial charge in [-0.15, -0.1) is 10.2 Å². The van der Waals surface area contributed by atoms with E-state index in [9.17, 15) is 4.79 Å². The lowest BCUT2D eigenvalue weighted by atomic mass is 10.4. The van der Waals surface area contributed by atoms with Crippen LogP contribution in [0.15, 0.2) is 0 Å². The van der Waals surface area contributed by atoms with Crippen LogP contribution < -0.4 is 0 Å². The molecule has 1 N–H and O–H groups in total. The Morgan fingerprint density at radius 1 is 1.36 bits per heavy atom. The number of carboxylic acids is 1. The average Bonchev–Trinajstić information content (AvgIpc) is 1.94. The lowest BCUT2D eigenvalue weighted by molar-refractivity contribution is 0.0689. The lowest BCUT2D eigenvalue weighted by Gasteiger charge is -1.94. The largest absolute Gasteiger partial charge is 0.476 e. The molecule has 0 saturated carbocycles. The summed E-state index contributed by atoms with van der Waals surface area (Å²) >= 11 is 10.8. The van der Waals surface area contributed by atoms with Gasteiger partial charge in [0.2, 0.25) is 0 Å². The Hall–Kier alpha value is -0.940. The van der Waals surface area contributed by atoms with Crippen LogP contribution in [0.5, 0.6) is 0 Å². The maximum atomic E-state index is 10.3. The minimum Gasteiger partial charge on any atom is -0.476 e. The summed E-state index contributed by atoms with van der Waals surface area (Å²) in [5, 5.41) is 17.5. The summed E-state index contributed by atoms with van der Waals surface area (Å²) in [5.41, 5.74) is -0.397. The van der Waals surface area contributed by atoms with Gasteiger partial charge in [-0.1, -0.05) is 23.2 Å². The summed E-state index contributed by atoms with van der Waals surface area (Å²) in [7, 11) is 0. The zero-order valence-electron chi connectivity index (χ0n) is 4.95. The van der Waals surface area contributed by atoms with E-state index in [2.05, 4.69) is 15.4 Å². The summed E-state index contributed by atoms with van der Waals surface area (Å²) < 4.78 is 0. The van der Waals surface area contributed by atoms with E-state index in [4.69, 9.17) is 28.3 Å². The van der Waals surface area contributed by atoms with E-state index in [1.807, 2.05) is 0 Å². The van der Waals surface area contributed by atoms with Gasteiger partial charge in [0.15, 0.2) is 10.8 Å². The van der Waals surface area contributed by atoms with Gasteiger partial charge in [0, 0.05) is 0 Å². The van der Waals surface area contributed by atoms with Gasteiger partial charge in [0.1, 0.15) is 5.02 Å². The molecule has 0 radical (unpaired) electrons. The van der Waals surface area contributed by atoms with E-state index in [0.29, 0.717) is 0 Å². The molecule has 1 heterocycles. The molecule has 7 heteroatoms. The van der Waals surface area contributed by atoms with Crippen molar-refractivity contribution in [3.63, 3.8) is 0 Å². The van der Waals surface area contributed by atoms with E-state index in [-0.39, 0.29) is 10.2 Å². The molecule has 0 aliphatic heterocycles. The molecule has 0 amide bonds. The number of nitrogens with zero attached hydrogens (tertiary/aromatic N) is 3. The number of hydrogen-bond acceptors (Lipinski definition) is 4. The molecule has 0 aromatic carbocycles. The lowest BCUT2D eigenvalue weighted by Crippen LogP contribution is -2.04. The zero-order valence-corrected chi connectivity index (χ0v) is 6.46. The van der Waals surface area contributed by atoms with Crippen LogP contribution in [0.3, 0.4) is 0 Å². The van der Waals surface area contributed by atoms with E-state index >= 15 is 0 Å². The van der Waals surface area contributed by atoms with Crippen LogP contribution in [-0.4, -0.2) is 26.5 Å². The van der Waals surface area contributed by atoms with Crippen LogP contribution in [0, 0.1) is 0 Å². The molecule has 1 aromatic rings. The Balaban J connectivity index is 3.27. The molecule has 0 bridgehead atoms. The number of halogens is 2. The molecule has 11 heavy (non-hydrogen) atoms. The molecule has 1 rings (SSSR count). The molecule has 0 aliphatic carbocycles. The maximum absolute atomic E-state index is 10.3. The summed E-state index contributed by atoms with van der Waals surface area (Å²) in [5.74, 6) is -1.29. The highest BCUT2D eigenvalue weighted by Crippen LogP contribution is 2.19. The first-order chi connectivity index (χ1) is 5.13. The smallest absolute Gasteiger partial charge is 0.358 e. The SMILES string of the molecule is O=C(O)c1nnnc(Cl)c1Cl. The minimum absolute atomic E-state index is 0.168. The van der Waals surface area contributed by atoms with Gasteiger partial charge in [0.05, 0.1) is 0 Å². The van der Waals surface area contributed by atoms with Crippen LogP contribution >= 0.6 is 23.2 Å². The van der Waals surface area contributed by atoms with Crippen molar-refractivity contribution in [1.82, 2.24) is 15.4 Å². The first-order valence-electron chi connectivity index (χ1n) is 2.40. The first-order valence-corrected chi connectivity index (χ1v) is 3.16. The molecule has 1 aromatic heterocycles. The normalized spacial score (nSPS) is 9.64. The Labute approximate surface area is 71.0 Å². The maximum Gasteiger partial charge on any atom is 0.358 e. The molecule has 0 spiro atoms. The molecule has 5 nitrogen and oxygen atoms in total. The van der Waals surface area contributed by atoms with Gasteiger partial charge in [-0.3, -0.25) is 0 Å². The fraction of sp³-hybridized carbons (Fsp3) is 0. The topological polar surface area (TPSA) is 76.0 Å². The van der Waals surface area contributed by atoms with Crippen molar-refractivity contribution >= 4 is 29.2 Å². The van der Waals surface area contributed by atoms with E-state index in [1.165, 1.54) is 0 Å². The molecular weight excluding hydrogens is 193 g/mol. The average molecular weight is 194 g/mol. The highest BCUT2D eigenvalue weighted by molar-refractivity contribution is 6.42. The Morgan fingerprint density at radius 2 is 2.00 bits per heavy atom. The number of carboxylic acid groups (broad SMARTS) is 1. The van der Waals surface area contributed by atoms with E-state index < -0.39 is 11.7 Å². The summed E-state index contributed by atoms with van der Waals surface area (Å²) in [4.78, 5) is 10.3. The molecule has 0 atom stereocenters. The molecule has 0 saturated heterocycles. The highest BCUT2D eigenvalue weighted by atomic mass is 35.5. The fourth-order valence-electron chi connectivity index (χ4n) is 0.429. The molecule has 58 valence electrons. The van der Waals surface area contributed by atoms with Gasteiger partial charge in [-0.25, -0.2) is 4.79 Å². The third-order valence-electron chi connectivity index (χ3n) is 0.869. The van der Waals surface area contributed by atoms with Crippen LogP contribution in [0.4, 0.5) is 0 Å². The first kappa shape index (κ1) is 8.16. The van der Waals surface area contributed by atoms with Gasteiger partial charge < -0.3 is 5.11 Å². The Morgan fingerprint density at radius 3 is 2.45 bits per heavy atom. The predicted octanol–water partition coefficient (Wildman–Crippen LogP) is 0.877. The van der Waals surface area contributed by atoms with Gasteiger partial charge >= 0.3 is 5.97 Å². The second-order valence-corrected chi connectivity index (χ2v) is 2.28. The number of hydrogen-bond donors (Lipinski definition) is 1. The van der Waals surface area contributed by atoms with Crippen molar-refractivity contribution in [2.75, 3.05) is 0 Å². The predicted molar refractivity (Wildman–Crippen MR) is 36.8 cm³/mol. The number of aromatic carboxylic acids is 1.